The minimum atomic E-state index is -4.37. The van der Waals surface area contributed by atoms with Crippen LogP contribution in [0.15, 0.2) is 42.5 Å². The van der Waals surface area contributed by atoms with Crippen molar-refractivity contribution in [2.24, 2.45) is 0 Å². The topological polar surface area (TPSA) is 17.1 Å². The Morgan fingerprint density at radius 3 is 2.16 bits per heavy atom. The Kier molecular flexibility index (Phi) is 5.51. The summed E-state index contributed by atoms with van der Waals surface area (Å²) in [5, 5.41) is 0. The molecule has 0 spiro atoms. The molecule has 0 saturated carbocycles. The first-order valence-electron chi connectivity index (χ1n) is 8.03. The highest BCUT2D eigenvalue weighted by Crippen LogP contribution is 2.37. The summed E-state index contributed by atoms with van der Waals surface area (Å²) in [6.07, 6.45) is -1.73. The molecule has 0 saturated heterocycles. The van der Waals surface area contributed by atoms with E-state index in [1.807, 2.05) is 6.92 Å². The second-order valence-electron chi connectivity index (χ2n) is 6.35. The average molecular weight is 346 g/mol. The van der Waals surface area contributed by atoms with Gasteiger partial charge in [0.2, 0.25) is 0 Å². The Balaban J connectivity index is 2.37. The molecule has 0 N–H and O–H groups in total. The first-order valence-corrected chi connectivity index (χ1v) is 8.03. The van der Waals surface area contributed by atoms with Crippen LogP contribution in [0.1, 0.15) is 51.0 Å². The number of hydrogen-bond donors (Lipinski definition) is 0. The number of hydrogen-bond acceptors (Lipinski definition) is 1. The third kappa shape index (κ3) is 4.59. The third-order valence-electron chi connectivity index (χ3n) is 4.35. The highest BCUT2D eigenvalue weighted by molar-refractivity contribution is 5.95. The smallest absolute Gasteiger partial charge is 0.295 e. The van der Waals surface area contributed by atoms with Gasteiger partial charge < -0.3 is 0 Å². The van der Waals surface area contributed by atoms with E-state index in [9.17, 15) is 18.0 Å². The molecule has 2 aromatic carbocycles. The van der Waals surface area contributed by atoms with Gasteiger partial charge in [-0.3, -0.25) is 4.79 Å². The molecule has 1 nitrogen and oxygen atoms in total. The van der Waals surface area contributed by atoms with E-state index in [0.717, 1.165) is 16.7 Å². The van der Waals surface area contributed by atoms with Crippen LogP contribution in [0.4, 0.5) is 13.2 Å². The fraction of sp³-hybridized carbons (Fsp3) is 0.286. The summed E-state index contributed by atoms with van der Waals surface area (Å²) >= 11 is 0. The maximum absolute atomic E-state index is 13.5. The van der Waals surface area contributed by atoms with E-state index in [0.29, 0.717) is 11.1 Å². The van der Waals surface area contributed by atoms with Crippen LogP contribution >= 0.6 is 0 Å². The van der Waals surface area contributed by atoms with Crippen LogP contribution in [-0.4, -0.2) is 12.0 Å². The summed E-state index contributed by atoms with van der Waals surface area (Å²) in [7, 11) is 0. The zero-order valence-electron chi connectivity index (χ0n) is 14.7. The fourth-order valence-electron chi connectivity index (χ4n) is 2.76. The van der Waals surface area contributed by atoms with E-state index in [1.165, 1.54) is 25.1 Å². The second-order valence-corrected chi connectivity index (χ2v) is 6.35. The highest BCUT2D eigenvalue weighted by Gasteiger charge is 2.38. The molecule has 25 heavy (non-hydrogen) atoms. The number of carbonyl (C=O) groups excluding carboxylic acids is 1. The van der Waals surface area contributed by atoms with Gasteiger partial charge in [0.25, 0.3) is 0 Å². The predicted molar refractivity (Wildman–Crippen MR) is 94.9 cm³/mol. The van der Waals surface area contributed by atoms with Gasteiger partial charge in [-0.15, -0.1) is 0 Å². The van der Waals surface area contributed by atoms with Crippen LogP contribution in [0.3, 0.4) is 0 Å². The van der Waals surface area contributed by atoms with Gasteiger partial charge in [-0.2, -0.15) is 13.2 Å². The van der Waals surface area contributed by atoms with Gasteiger partial charge in [0, 0.05) is 5.56 Å². The predicted octanol–water partition coefficient (Wildman–Crippen LogP) is 6.17. The molecule has 0 amide bonds. The number of Topliss-reactive ketones (excluding diaryl/α,β-unsaturated/α-hetero) is 1. The standard InChI is InChI=1S/C21H21F3O/c1-13-5-8-18(12-14(13)2)20(21(22,23)24)10-7-17-6-9-19(16(4)25)15(3)11-17/h5-12,20H,1-4H3/b10-7+. The summed E-state index contributed by atoms with van der Waals surface area (Å²) in [6.45, 7) is 6.92. The Morgan fingerprint density at radius 2 is 1.64 bits per heavy atom. The van der Waals surface area contributed by atoms with Gasteiger partial charge in [-0.05, 0) is 55.5 Å². The fourth-order valence-corrected chi connectivity index (χ4v) is 2.76. The first kappa shape index (κ1) is 19.0. The summed E-state index contributed by atoms with van der Waals surface area (Å²) < 4.78 is 40.5. The molecule has 0 aliphatic rings. The summed E-state index contributed by atoms with van der Waals surface area (Å²) in [4.78, 5) is 11.5. The Morgan fingerprint density at radius 1 is 0.960 bits per heavy atom. The minimum absolute atomic E-state index is 0.0590. The Labute approximate surface area is 146 Å². The molecule has 0 aromatic heterocycles. The molecule has 132 valence electrons. The van der Waals surface area contributed by atoms with Crippen LogP contribution in [0, 0.1) is 20.8 Å². The molecular formula is C21H21F3O. The first-order chi connectivity index (χ1) is 11.6. The number of allylic oxidation sites excluding steroid dienone is 1. The number of halogens is 3. The molecule has 0 radical (unpaired) electrons. The van der Waals surface area contributed by atoms with Gasteiger partial charge in [-0.1, -0.05) is 48.6 Å². The maximum atomic E-state index is 13.5. The molecular weight excluding hydrogens is 325 g/mol. The summed E-state index contributed by atoms with van der Waals surface area (Å²) in [6, 6.07) is 9.85. The lowest BCUT2D eigenvalue weighted by atomic mass is 9.93. The van der Waals surface area contributed by atoms with E-state index in [2.05, 4.69) is 0 Å². The van der Waals surface area contributed by atoms with Crippen molar-refractivity contribution in [1.29, 1.82) is 0 Å². The van der Waals surface area contributed by atoms with Crippen molar-refractivity contribution < 1.29 is 18.0 Å². The summed E-state index contributed by atoms with van der Waals surface area (Å²) in [5.41, 5.74) is 4.00. The van der Waals surface area contributed by atoms with E-state index < -0.39 is 12.1 Å². The van der Waals surface area contributed by atoms with E-state index >= 15 is 0 Å². The van der Waals surface area contributed by atoms with Gasteiger partial charge in [0.05, 0.1) is 5.92 Å². The summed E-state index contributed by atoms with van der Waals surface area (Å²) in [5.74, 6) is -1.73. The molecule has 1 atom stereocenters. The molecule has 0 aliphatic carbocycles. The number of aryl methyl sites for hydroxylation is 3. The number of rotatable bonds is 4. The van der Waals surface area contributed by atoms with Crippen molar-refractivity contribution in [2.75, 3.05) is 0 Å². The lowest BCUT2D eigenvalue weighted by molar-refractivity contribution is -0.139. The van der Waals surface area contributed by atoms with Crippen molar-refractivity contribution >= 4 is 11.9 Å². The SMILES string of the molecule is CC(=O)c1ccc(/C=C/C(c2ccc(C)c(C)c2)C(F)(F)F)cc1C. The number of benzene rings is 2. The maximum Gasteiger partial charge on any atom is 0.399 e. The Hall–Kier alpha value is -2.36. The average Bonchev–Trinajstić information content (AvgIpc) is 2.49. The van der Waals surface area contributed by atoms with E-state index in [-0.39, 0.29) is 11.3 Å². The lowest BCUT2D eigenvalue weighted by Crippen LogP contribution is -2.19. The van der Waals surface area contributed by atoms with Gasteiger partial charge in [0.1, 0.15) is 0 Å². The molecule has 0 heterocycles. The zero-order chi connectivity index (χ0) is 18.8. The minimum Gasteiger partial charge on any atom is -0.295 e. The van der Waals surface area contributed by atoms with Crippen LogP contribution in [0.25, 0.3) is 6.08 Å². The van der Waals surface area contributed by atoms with Crippen LogP contribution in [-0.2, 0) is 0 Å². The van der Waals surface area contributed by atoms with Crippen LogP contribution < -0.4 is 0 Å². The van der Waals surface area contributed by atoms with Crippen molar-refractivity contribution in [3.05, 3.63) is 75.9 Å². The molecule has 2 aromatic rings. The van der Waals surface area contributed by atoms with Gasteiger partial charge >= 0.3 is 6.18 Å². The monoisotopic (exact) mass is 346 g/mol. The molecule has 0 aliphatic heterocycles. The van der Waals surface area contributed by atoms with Crippen molar-refractivity contribution in [3.63, 3.8) is 0 Å². The highest BCUT2D eigenvalue weighted by atomic mass is 19.4. The zero-order valence-corrected chi connectivity index (χ0v) is 14.7. The van der Waals surface area contributed by atoms with Crippen molar-refractivity contribution in [1.82, 2.24) is 0 Å². The van der Waals surface area contributed by atoms with Gasteiger partial charge in [0.15, 0.2) is 5.78 Å². The molecule has 4 heteroatoms. The number of alkyl halides is 3. The largest absolute Gasteiger partial charge is 0.399 e. The van der Waals surface area contributed by atoms with Crippen LogP contribution in [0.5, 0.6) is 0 Å². The second kappa shape index (κ2) is 7.26. The Bertz CT molecular complexity index is 816. The third-order valence-corrected chi connectivity index (χ3v) is 4.35. The molecule has 0 fully saturated rings. The lowest BCUT2D eigenvalue weighted by Gasteiger charge is -2.18. The number of carbonyl (C=O) groups is 1. The quantitative estimate of drug-likeness (QED) is 0.605. The molecule has 1 unspecified atom stereocenters. The molecule has 0 bridgehead atoms. The van der Waals surface area contributed by atoms with Crippen molar-refractivity contribution in [2.45, 2.75) is 39.8 Å². The number of ketones is 1. The normalized spacial score (nSPS) is 13.2. The van der Waals surface area contributed by atoms with Crippen LogP contribution in [0.2, 0.25) is 0 Å². The van der Waals surface area contributed by atoms with E-state index in [4.69, 9.17) is 0 Å². The molecule has 2 rings (SSSR count). The van der Waals surface area contributed by atoms with E-state index in [1.54, 1.807) is 44.2 Å². The van der Waals surface area contributed by atoms with Crippen molar-refractivity contribution in [3.8, 4) is 0 Å². The van der Waals surface area contributed by atoms with Gasteiger partial charge in [-0.25, -0.2) is 0 Å².